The second-order valence-electron chi connectivity index (χ2n) is 4.85. The van der Waals surface area contributed by atoms with Gasteiger partial charge in [0.2, 0.25) is 0 Å². The predicted molar refractivity (Wildman–Crippen MR) is 81.8 cm³/mol. The Balaban J connectivity index is 2.51. The number of rotatable bonds is 7. The van der Waals surface area contributed by atoms with Crippen molar-refractivity contribution in [2.24, 2.45) is 0 Å². The van der Waals surface area contributed by atoms with E-state index < -0.39 is 0 Å². The molecule has 96 valence electrons. The summed E-state index contributed by atoms with van der Waals surface area (Å²) in [5.41, 5.74) is 1.28. The van der Waals surface area contributed by atoms with Crippen LogP contribution in [0.3, 0.4) is 0 Å². The number of para-hydroxylation sites is 1. The van der Waals surface area contributed by atoms with Crippen LogP contribution in [0.4, 0.5) is 0 Å². The van der Waals surface area contributed by atoms with Crippen LogP contribution in [0.15, 0.2) is 24.3 Å². The number of ether oxygens (including phenoxy) is 1. The Labute approximate surface area is 116 Å². The third kappa shape index (κ3) is 6.27. The molecule has 0 fully saturated rings. The minimum absolute atomic E-state index is 0.0278. The maximum atomic E-state index is 5.84. The monoisotopic (exact) mass is 270 g/mol. The Morgan fingerprint density at radius 1 is 1.24 bits per heavy atom. The van der Waals surface area contributed by atoms with Crippen LogP contribution in [0, 0.1) is 0 Å². The van der Waals surface area contributed by atoms with Gasteiger partial charge in [-0.2, -0.15) is 25.3 Å². The molecule has 0 atom stereocenters. The zero-order valence-electron chi connectivity index (χ0n) is 10.6. The largest absolute Gasteiger partial charge is 0.493 e. The van der Waals surface area contributed by atoms with Crippen molar-refractivity contribution in [3.05, 3.63) is 29.8 Å². The van der Waals surface area contributed by atoms with Crippen molar-refractivity contribution in [3.63, 3.8) is 0 Å². The number of aryl methyl sites for hydroxylation is 1. The Kier molecular flexibility index (Phi) is 6.28. The van der Waals surface area contributed by atoms with Crippen molar-refractivity contribution in [1.82, 2.24) is 0 Å². The van der Waals surface area contributed by atoms with Gasteiger partial charge in [0.05, 0.1) is 6.61 Å². The fraction of sp³-hybridized carbons (Fsp3) is 0.571. The summed E-state index contributed by atoms with van der Waals surface area (Å²) < 4.78 is 5.86. The predicted octanol–water partition coefficient (Wildman–Crippen LogP) is 4.03. The maximum Gasteiger partial charge on any atom is 0.122 e. The van der Waals surface area contributed by atoms with Gasteiger partial charge in [0, 0.05) is 4.75 Å². The third-order valence-corrected chi connectivity index (χ3v) is 3.09. The van der Waals surface area contributed by atoms with E-state index in [0.717, 1.165) is 30.8 Å². The first-order valence-electron chi connectivity index (χ1n) is 6.07. The molecule has 0 aromatic heterocycles. The van der Waals surface area contributed by atoms with E-state index in [1.54, 1.807) is 0 Å². The van der Waals surface area contributed by atoms with Crippen LogP contribution in [0.25, 0.3) is 0 Å². The quantitative estimate of drug-likeness (QED) is 0.711. The summed E-state index contributed by atoms with van der Waals surface area (Å²) in [5.74, 6) is 1.92. The molecule has 0 saturated carbocycles. The van der Waals surface area contributed by atoms with Crippen LogP contribution in [0.2, 0.25) is 0 Å². The number of hydrogen-bond donors (Lipinski definition) is 2. The lowest BCUT2D eigenvalue weighted by atomic mass is 10.1. The molecule has 17 heavy (non-hydrogen) atoms. The van der Waals surface area contributed by atoms with E-state index in [-0.39, 0.29) is 4.75 Å². The van der Waals surface area contributed by atoms with E-state index in [0.29, 0.717) is 6.61 Å². The van der Waals surface area contributed by atoms with Crippen molar-refractivity contribution in [2.75, 3.05) is 12.4 Å². The molecule has 0 spiro atoms. The minimum atomic E-state index is 0.0278. The van der Waals surface area contributed by atoms with Crippen LogP contribution >= 0.6 is 25.3 Å². The summed E-state index contributed by atoms with van der Waals surface area (Å²) in [6.45, 7) is 4.92. The van der Waals surface area contributed by atoms with Crippen molar-refractivity contribution in [3.8, 4) is 5.75 Å². The second kappa shape index (κ2) is 7.22. The molecular weight excluding hydrogens is 248 g/mol. The molecule has 0 amide bonds. The molecule has 0 bridgehead atoms. The third-order valence-electron chi connectivity index (χ3n) is 2.55. The lowest BCUT2D eigenvalue weighted by Gasteiger charge is -2.18. The Morgan fingerprint density at radius 2 is 1.94 bits per heavy atom. The standard InChI is InChI=1S/C14H22OS2/c1-14(2,17)9-10-15-13-8-4-3-6-12(13)7-5-11-16/h3-4,6,8,16-17H,5,7,9-11H2,1-2H3. The molecule has 1 aromatic rings. The van der Waals surface area contributed by atoms with Gasteiger partial charge in [0.15, 0.2) is 0 Å². The highest BCUT2D eigenvalue weighted by Crippen LogP contribution is 2.22. The fourth-order valence-electron chi connectivity index (χ4n) is 1.53. The van der Waals surface area contributed by atoms with E-state index >= 15 is 0 Å². The molecule has 0 N–H and O–H groups in total. The average molecular weight is 270 g/mol. The molecule has 0 heterocycles. The maximum absolute atomic E-state index is 5.84. The lowest BCUT2D eigenvalue weighted by molar-refractivity contribution is 0.295. The minimum Gasteiger partial charge on any atom is -0.493 e. The molecule has 0 unspecified atom stereocenters. The first-order valence-corrected chi connectivity index (χ1v) is 7.15. The lowest BCUT2D eigenvalue weighted by Crippen LogP contribution is -2.15. The molecule has 1 nitrogen and oxygen atoms in total. The van der Waals surface area contributed by atoms with Crippen LogP contribution in [0.1, 0.15) is 32.3 Å². The Morgan fingerprint density at radius 3 is 2.59 bits per heavy atom. The van der Waals surface area contributed by atoms with Gasteiger partial charge in [0.1, 0.15) is 5.75 Å². The summed E-state index contributed by atoms with van der Waals surface area (Å²) in [6, 6.07) is 8.25. The molecule has 1 rings (SSSR count). The van der Waals surface area contributed by atoms with Gasteiger partial charge >= 0.3 is 0 Å². The van der Waals surface area contributed by atoms with Gasteiger partial charge in [-0.3, -0.25) is 0 Å². The summed E-state index contributed by atoms with van der Waals surface area (Å²) in [6.07, 6.45) is 3.06. The van der Waals surface area contributed by atoms with Gasteiger partial charge in [0.25, 0.3) is 0 Å². The number of hydrogen-bond acceptors (Lipinski definition) is 3. The SMILES string of the molecule is CC(C)(S)CCOc1ccccc1CCCS. The van der Waals surface area contributed by atoms with Crippen molar-refractivity contribution >= 4 is 25.3 Å². The first kappa shape index (κ1) is 14.8. The van der Waals surface area contributed by atoms with Crippen LogP contribution in [-0.4, -0.2) is 17.1 Å². The zero-order chi connectivity index (χ0) is 12.7. The molecule has 0 saturated heterocycles. The molecule has 0 aliphatic carbocycles. The summed E-state index contributed by atoms with van der Waals surface area (Å²) in [5, 5.41) is 0. The van der Waals surface area contributed by atoms with Crippen molar-refractivity contribution in [1.29, 1.82) is 0 Å². The number of thiol groups is 2. The first-order chi connectivity index (χ1) is 8.03. The second-order valence-corrected chi connectivity index (χ2v) is 6.50. The van der Waals surface area contributed by atoms with Gasteiger partial charge in [-0.1, -0.05) is 32.0 Å². The summed E-state index contributed by atoms with van der Waals surface area (Å²) in [4.78, 5) is 0. The fourth-order valence-corrected chi connectivity index (χ4v) is 1.78. The number of benzene rings is 1. The molecular formula is C14H22OS2. The summed E-state index contributed by atoms with van der Waals surface area (Å²) in [7, 11) is 0. The van der Waals surface area contributed by atoms with Crippen LogP contribution in [-0.2, 0) is 6.42 Å². The van der Waals surface area contributed by atoms with Crippen LogP contribution < -0.4 is 4.74 Å². The molecule has 1 aromatic carbocycles. The highest BCUT2D eigenvalue weighted by Gasteiger charge is 2.11. The zero-order valence-corrected chi connectivity index (χ0v) is 12.4. The van der Waals surface area contributed by atoms with E-state index in [1.807, 2.05) is 12.1 Å². The van der Waals surface area contributed by atoms with Gasteiger partial charge < -0.3 is 4.74 Å². The van der Waals surface area contributed by atoms with Crippen LogP contribution in [0.5, 0.6) is 5.75 Å². The van der Waals surface area contributed by atoms with Gasteiger partial charge in [-0.05, 0) is 36.6 Å². The van der Waals surface area contributed by atoms with Gasteiger partial charge in [-0.25, -0.2) is 0 Å². The Bertz CT molecular complexity index is 331. The van der Waals surface area contributed by atoms with E-state index in [2.05, 4.69) is 51.2 Å². The molecule has 0 aliphatic rings. The highest BCUT2D eigenvalue weighted by molar-refractivity contribution is 7.81. The van der Waals surface area contributed by atoms with Crippen molar-refractivity contribution < 1.29 is 4.74 Å². The van der Waals surface area contributed by atoms with Crippen molar-refractivity contribution in [2.45, 2.75) is 37.9 Å². The summed E-state index contributed by atoms with van der Waals surface area (Å²) >= 11 is 8.74. The van der Waals surface area contributed by atoms with E-state index in [4.69, 9.17) is 4.74 Å². The van der Waals surface area contributed by atoms with E-state index in [1.165, 1.54) is 5.56 Å². The molecule has 0 aliphatic heterocycles. The van der Waals surface area contributed by atoms with E-state index in [9.17, 15) is 0 Å². The smallest absolute Gasteiger partial charge is 0.122 e. The molecule has 0 radical (unpaired) electrons. The Hall–Kier alpha value is -0.280. The average Bonchev–Trinajstić information content (AvgIpc) is 2.26. The highest BCUT2D eigenvalue weighted by atomic mass is 32.1. The van der Waals surface area contributed by atoms with Gasteiger partial charge in [-0.15, -0.1) is 0 Å². The molecule has 3 heteroatoms. The topological polar surface area (TPSA) is 9.23 Å². The normalized spacial score (nSPS) is 11.5.